The normalized spacial score (nSPS) is 12.2. The number of allylic oxidation sites excluding steroid dienone is 1. The van der Waals surface area contributed by atoms with Crippen LogP contribution in [0.3, 0.4) is 0 Å². The average molecular weight is 445 g/mol. The third kappa shape index (κ3) is 27.6. The van der Waals surface area contributed by atoms with Crippen molar-refractivity contribution in [3.8, 4) is 0 Å². The summed E-state index contributed by atoms with van der Waals surface area (Å²) in [5.74, 6) is -0.258. The van der Waals surface area contributed by atoms with Gasteiger partial charge in [0.05, 0.1) is 5.75 Å². The van der Waals surface area contributed by atoms with Gasteiger partial charge in [-0.25, -0.2) is 0 Å². The van der Waals surface area contributed by atoms with Crippen molar-refractivity contribution < 1.29 is 13.0 Å². The van der Waals surface area contributed by atoms with E-state index >= 15 is 0 Å². The molecule has 0 aliphatic heterocycles. The molecule has 0 aromatic carbocycles. The Morgan fingerprint density at radius 3 is 1.10 bits per heavy atom. The second-order valence-corrected chi connectivity index (χ2v) is 10.6. The summed E-state index contributed by atoms with van der Waals surface area (Å²) in [4.78, 5) is 0. The molecule has 0 aliphatic rings. The molecule has 0 saturated heterocycles. The SMILES string of the molecule is CCCCCCCCCCCCCCCCCCCCCCC/C=C/CS(=O)(=O)O. The van der Waals surface area contributed by atoms with Crippen LogP contribution in [0.1, 0.15) is 148 Å². The van der Waals surface area contributed by atoms with E-state index in [9.17, 15) is 8.42 Å². The van der Waals surface area contributed by atoms with E-state index in [-0.39, 0.29) is 5.75 Å². The maximum absolute atomic E-state index is 10.6. The van der Waals surface area contributed by atoms with Crippen LogP contribution in [0.4, 0.5) is 0 Å². The van der Waals surface area contributed by atoms with E-state index in [0.29, 0.717) is 0 Å². The molecule has 1 N–H and O–H groups in total. The molecular weight excluding hydrogens is 392 g/mol. The van der Waals surface area contributed by atoms with Crippen molar-refractivity contribution in [2.24, 2.45) is 0 Å². The van der Waals surface area contributed by atoms with Crippen LogP contribution in [0.15, 0.2) is 12.2 Å². The zero-order valence-electron chi connectivity index (χ0n) is 20.1. The summed E-state index contributed by atoms with van der Waals surface area (Å²) in [5, 5.41) is 0. The zero-order chi connectivity index (χ0) is 22.2. The van der Waals surface area contributed by atoms with Gasteiger partial charge in [-0.3, -0.25) is 4.55 Å². The fourth-order valence-corrected chi connectivity index (χ4v) is 4.38. The molecule has 0 rings (SSSR count). The number of hydrogen-bond donors (Lipinski definition) is 1. The molecule has 0 aliphatic carbocycles. The van der Waals surface area contributed by atoms with Gasteiger partial charge in [0, 0.05) is 0 Å². The molecule has 0 atom stereocenters. The first-order valence-corrected chi connectivity index (χ1v) is 14.8. The second-order valence-electron chi connectivity index (χ2n) is 9.08. The molecule has 180 valence electrons. The molecule has 0 bridgehead atoms. The Balaban J connectivity index is 3.08. The Kier molecular flexibility index (Phi) is 23.0. The first kappa shape index (κ1) is 29.7. The lowest BCUT2D eigenvalue weighted by Gasteiger charge is -2.04. The van der Waals surface area contributed by atoms with Crippen LogP contribution >= 0.6 is 0 Å². The molecule has 0 radical (unpaired) electrons. The minimum atomic E-state index is -3.84. The van der Waals surface area contributed by atoms with Crippen molar-refractivity contribution in [3.63, 3.8) is 0 Å². The summed E-state index contributed by atoms with van der Waals surface area (Å²) >= 11 is 0. The van der Waals surface area contributed by atoms with Crippen LogP contribution in [0, 0.1) is 0 Å². The van der Waals surface area contributed by atoms with Crippen LogP contribution in [0.25, 0.3) is 0 Å². The molecular formula is C26H52O3S. The molecule has 0 aromatic heterocycles. The fraction of sp³-hybridized carbons (Fsp3) is 0.923. The van der Waals surface area contributed by atoms with Gasteiger partial charge in [-0.2, -0.15) is 8.42 Å². The minimum Gasteiger partial charge on any atom is -0.285 e. The van der Waals surface area contributed by atoms with Crippen molar-refractivity contribution in [1.29, 1.82) is 0 Å². The van der Waals surface area contributed by atoms with Gasteiger partial charge in [0.25, 0.3) is 10.1 Å². The van der Waals surface area contributed by atoms with Gasteiger partial charge in [-0.15, -0.1) is 0 Å². The van der Waals surface area contributed by atoms with Crippen LogP contribution in [-0.2, 0) is 10.1 Å². The van der Waals surface area contributed by atoms with Gasteiger partial charge in [0.2, 0.25) is 0 Å². The molecule has 0 saturated carbocycles. The van der Waals surface area contributed by atoms with Gasteiger partial charge < -0.3 is 0 Å². The van der Waals surface area contributed by atoms with Crippen LogP contribution in [-0.4, -0.2) is 18.7 Å². The highest BCUT2D eigenvalue weighted by molar-refractivity contribution is 7.85. The lowest BCUT2D eigenvalue weighted by atomic mass is 10.0. The van der Waals surface area contributed by atoms with E-state index in [2.05, 4.69) is 6.92 Å². The highest BCUT2D eigenvalue weighted by Gasteiger charge is 1.98. The van der Waals surface area contributed by atoms with E-state index in [0.717, 1.165) is 12.8 Å². The first-order chi connectivity index (χ1) is 14.6. The molecule has 0 aromatic rings. The molecule has 0 fully saturated rings. The van der Waals surface area contributed by atoms with Gasteiger partial charge in [-0.1, -0.05) is 147 Å². The summed E-state index contributed by atoms with van der Waals surface area (Å²) in [6.07, 6.45) is 33.5. The lowest BCUT2D eigenvalue weighted by Crippen LogP contribution is -1.99. The Labute approximate surface area is 189 Å². The minimum absolute atomic E-state index is 0.258. The van der Waals surface area contributed by atoms with Gasteiger partial charge in [-0.05, 0) is 12.8 Å². The Bertz CT molecular complexity index is 457. The second kappa shape index (κ2) is 23.3. The van der Waals surface area contributed by atoms with Crippen LogP contribution in [0.5, 0.6) is 0 Å². The molecule has 0 spiro atoms. The van der Waals surface area contributed by atoms with Crippen molar-refractivity contribution >= 4 is 10.1 Å². The number of hydrogen-bond acceptors (Lipinski definition) is 2. The largest absolute Gasteiger partial charge is 0.285 e. The summed E-state index contributed by atoms with van der Waals surface area (Å²) in [6.45, 7) is 2.29. The summed E-state index contributed by atoms with van der Waals surface area (Å²) in [5.41, 5.74) is 0. The van der Waals surface area contributed by atoms with E-state index in [1.165, 1.54) is 128 Å². The molecule has 3 nitrogen and oxygen atoms in total. The summed E-state index contributed by atoms with van der Waals surface area (Å²) in [6, 6.07) is 0. The predicted molar refractivity (Wildman–Crippen MR) is 133 cm³/mol. The summed E-state index contributed by atoms with van der Waals surface area (Å²) < 4.78 is 29.7. The Morgan fingerprint density at radius 1 is 0.500 bits per heavy atom. The van der Waals surface area contributed by atoms with Gasteiger partial charge >= 0.3 is 0 Å². The van der Waals surface area contributed by atoms with Gasteiger partial charge in [0.1, 0.15) is 0 Å². The third-order valence-corrected chi connectivity index (χ3v) is 6.56. The monoisotopic (exact) mass is 444 g/mol. The molecule has 0 heterocycles. The van der Waals surface area contributed by atoms with E-state index < -0.39 is 10.1 Å². The van der Waals surface area contributed by atoms with Crippen molar-refractivity contribution in [2.45, 2.75) is 148 Å². The van der Waals surface area contributed by atoms with E-state index in [1.807, 2.05) is 6.08 Å². The Hall–Kier alpha value is -0.350. The van der Waals surface area contributed by atoms with Crippen molar-refractivity contribution in [3.05, 3.63) is 12.2 Å². The fourth-order valence-electron chi connectivity index (χ4n) is 4.00. The van der Waals surface area contributed by atoms with Crippen LogP contribution in [0.2, 0.25) is 0 Å². The van der Waals surface area contributed by atoms with E-state index in [1.54, 1.807) is 6.08 Å². The topological polar surface area (TPSA) is 54.4 Å². The highest BCUT2D eigenvalue weighted by atomic mass is 32.2. The maximum Gasteiger partial charge on any atom is 0.268 e. The molecule has 30 heavy (non-hydrogen) atoms. The lowest BCUT2D eigenvalue weighted by molar-refractivity contribution is 0.486. The number of rotatable bonds is 24. The number of unbranched alkanes of at least 4 members (excludes halogenated alkanes) is 21. The van der Waals surface area contributed by atoms with Crippen molar-refractivity contribution in [2.75, 3.05) is 5.75 Å². The van der Waals surface area contributed by atoms with Crippen LogP contribution < -0.4 is 0 Å². The maximum atomic E-state index is 10.6. The average Bonchev–Trinajstić information content (AvgIpc) is 2.70. The summed E-state index contributed by atoms with van der Waals surface area (Å²) in [7, 11) is -3.84. The highest BCUT2D eigenvalue weighted by Crippen LogP contribution is 2.15. The molecule has 4 heteroatoms. The van der Waals surface area contributed by atoms with Gasteiger partial charge in [0.15, 0.2) is 0 Å². The molecule has 0 unspecified atom stereocenters. The van der Waals surface area contributed by atoms with E-state index in [4.69, 9.17) is 4.55 Å². The smallest absolute Gasteiger partial charge is 0.268 e. The quantitative estimate of drug-likeness (QED) is 0.0917. The molecule has 0 amide bonds. The van der Waals surface area contributed by atoms with Crippen molar-refractivity contribution in [1.82, 2.24) is 0 Å². The Morgan fingerprint density at radius 2 is 0.800 bits per heavy atom. The third-order valence-electron chi connectivity index (χ3n) is 5.95. The standard InChI is InChI=1S/C26H52O3S/c1-2-3-4-5-6-7-8-9-10-11-12-13-14-15-16-17-18-19-20-21-22-23-24-25-26-30(27,28)29/h24-25H,2-23,26H2,1H3,(H,27,28,29)/b25-24+. The zero-order valence-corrected chi connectivity index (χ0v) is 20.9. The predicted octanol–water partition coefficient (Wildman–Crippen LogP) is 9.03. The first-order valence-electron chi connectivity index (χ1n) is 13.2.